The summed E-state index contributed by atoms with van der Waals surface area (Å²) in [6.45, 7) is 5.59. The fourth-order valence-corrected chi connectivity index (χ4v) is 3.04. The van der Waals surface area contributed by atoms with Crippen LogP contribution in [0.1, 0.15) is 29.8 Å². The van der Waals surface area contributed by atoms with Crippen molar-refractivity contribution < 1.29 is 23.7 Å². The number of carbonyl (C=O) groups is 1. The highest BCUT2D eigenvalue weighted by Crippen LogP contribution is 2.39. The molecule has 7 heteroatoms. The summed E-state index contributed by atoms with van der Waals surface area (Å²) in [5, 5.41) is 3.25. The molecular formula is C20H22ClNO5. The molecule has 0 saturated heterocycles. The third kappa shape index (κ3) is 4.57. The van der Waals surface area contributed by atoms with Gasteiger partial charge in [0.1, 0.15) is 0 Å². The molecule has 0 bridgehead atoms. The maximum atomic E-state index is 12.4. The number of benzene rings is 2. The Morgan fingerprint density at radius 2 is 1.89 bits per heavy atom. The lowest BCUT2D eigenvalue weighted by atomic mass is 10.1. The fourth-order valence-electron chi connectivity index (χ4n) is 2.77. The van der Waals surface area contributed by atoms with Gasteiger partial charge >= 0.3 is 0 Å². The number of ether oxygens (including phenoxy) is 4. The van der Waals surface area contributed by atoms with Crippen molar-refractivity contribution in [1.29, 1.82) is 0 Å². The van der Waals surface area contributed by atoms with Crippen LogP contribution in [0.3, 0.4) is 0 Å². The number of hydrogen-bond donors (Lipinski definition) is 1. The van der Waals surface area contributed by atoms with E-state index in [-0.39, 0.29) is 12.7 Å². The van der Waals surface area contributed by atoms with E-state index in [1.54, 1.807) is 12.1 Å². The Balaban J connectivity index is 1.60. The largest absolute Gasteiger partial charge is 0.490 e. The van der Waals surface area contributed by atoms with Gasteiger partial charge in [-0.1, -0.05) is 17.7 Å². The van der Waals surface area contributed by atoms with E-state index in [4.69, 9.17) is 30.5 Å². The molecule has 0 aromatic heterocycles. The van der Waals surface area contributed by atoms with Crippen molar-refractivity contribution in [2.45, 2.75) is 20.3 Å². The molecule has 1 amide bonds. The Hall–Kier alpha value is -2.60. The van der Waals surface area contributed by atoms with Gasteiger partial charge in [0.25, 0.3) is 5.91 Å². The van der Waals surface area contributed by atoms with E-state index in [1.807, 2.05) is 32.0 Å². The van der Waals surface area contributed by atoms with Crippen molar-refractivity contribution in [3.8, 4) is 23.0 Å². The molecular weight excluding hydrogens is 370 g/mol. The molecule has 1 aliphatic heterocycles. The lowest BCUT2D eigenvalue weighted by Gasteiger charge is -2.13. The van der Waals surface area contributed by atoms with Gasteiger partial charge in [-0.05, 0) is 50.1 Å². The molecule has 3 rings (SSSR count). The molecule has 1 heterocycles. The summed E-state index contributed by atoms with van der Waals surface area (Å²) in [5.41, 5.74) is 1.48. The number of nitrogens with one attached hydrogen (secondary N) is 1. The van der Waals surface area contributed by atoms with Gasteiger partial charge < -0.3 is 24.3 Å². The maximum absolute atomic E-state index is 12.4. The SMILES string of the molecule is CCOc1ccc(CCNC(=O)c2cc(Cl)c3c(c2)OCO3)cc1OCC. The zero-order chi connectivity index (χ0) is 19.2. The Bertz CT molecular complexity index is 824. The predicted octanol–water partition coefficient (Wildman–Crippen LogP) is 3.84. The number of hydrogen-bond acceptors (Lipinski definition) is 5. The highest BCUT2D eigenvalue weighted by molar-refractivity contribution is 6.32. The minimum absolute atomic E-state index is 0.111. The molecule has 0 radical (unpaired) electrons. The Labute approximate surface area is 163 Å². The molecule has 6 nitrogen and oxygen atoms in total. The fraction of sp³-hybridized carbons (Fsp3) is 0.350. The predicted molar refractivity (Wildman–Crippen MR) is 102 cm³/mol. The monoisotopic (exact) mass is 391 g/mol. The first-order valence-electron chi connectivity index (χ1n) is 8.88. The van der Waals surface area contributed by atoms with Gasteiger partial charge in [0.2, 0.25) is 6.79 Å². The van der Waals surface area contributed by atoms with Crippen molar-refractivity contribution in [2.75, 3.05) is 26.6 Å². The number of halogens is 1. The first kappa shape index (κ1) is 19.2. The van der Waals surface area contributed by atoms with Gasteiger partial charge in [0.05, 0.1) is 18.2 Å². The summed E-state index contributed by atoms with van der Waals surface area (Å²) in [7, 11) is 0. The molecule has 0 unspecified atom stereocenters. The molecule has 0 fully saturated rings. The van der Waals surface area contributed by atoms with E-state index in [0.717, 1.165) is 11.3 Å². The highest BCUT2D eigenvalue weighted by atomic mass is 35.5. The van der Waals surface area contributed by atoms with E-state index in [2.05, 4.69) is 5.32 Å². The second-order valence-corrected chi connectivity index (χ2v) is 6.25. The average molecular weight is 392 g/mol. The molecule has 1 N–H and O–H groups in total. The van der Waals surface area contributed by atoms with Crippen LogP contribution in [0.4, 0.5) is 0 Å². The zero-order valence-corrected chi connectivity index (χ0v) is 16.1. The molecule has 2 aromatic carbocycles. The standard InChI is InChI=1S/C20H22ClNO5/c1-3-24-16-6-5-13(9-17(16)25-4-2)7-8-22-20(23)14-10-15(21)19-18(11-14)26-12-27-19/h5-6,9-11H,3-4,7-8,12H2,1-2H3,(H,22,23). The summed E-state index contributed by atoms with van der Waals surface area (Å²) in [6.07, 6.45) is 0.663. The number of carbonyl (C=O) groups excluding carboxylic acids is 1. The lowest BCUT2D eigenvalue weighted by molar-refractivity contribution is 0.0953. The lowest BCUT2D eigenvalue weighted by Crippen LogP contribution is -2.25. The van der Waals surface area contributed by atoms with Crippen molar-refractivity contribution in [3.05, 3.63) is 46.5 Å². The summed E-state index contributed by atoms with van der Waals surface area (Å²) < 4.78 is 21.7. The van der Waals surface area contributed by atoms with Crippen LogP contribution in [0.2, 0.25) is 5.02 Å². The van der Waals surface area contributed by atoms with Crippen LogP contribution in [0.15, 0.2) is 30.3 Å². The first-order valence-corrected chi connectivity index (χ1v) is 9.26. The van der Waals surface area contributed by atoms with Crippen LogP contribution in [-0.4, -0.2) is 32.5 Å². The van der Waals surface area contributed by atoms with Crippen molar-refractivity contribution in [1.82, 2.24) is 5.32 Å². The minimum atomic E-state index is -0.217. The quantitative estimate of drug-likeness (QED) is 0.740. The van der Waals surface area contributed by atoms with Crippen molar-refractivity contribution in [3.63, 3.8) is 0 Å². The Morgan fingerprint density at radius 1 is 1.11 bits per heavy atom. The van der Waals surface area contributed by atoms with E-state index in [9.17, 15) is 4.79 Å². The van der Waals surface area contributed by atoms with Crippen LogP contribution in [0.5, 0.6) is 23.0 Å². The van der Waals surface area contributed by atoms with Crippen LogP contribution in [0.25, 0.3) is 0 Å². The molecule has 144 valence electrons. The molecule has 0 aliphatic carbocycles. The third-order valence-corrected chi connectivity index (χ3v) is 4.28. The van der Waals surface area contributed by atoms with Gasteiger partial charge in [-0.15, -0.1) is 0 Å². The first-order chi connectivity index (χ1) is 13.1. The second kappa shape index (κ2) is 8.86. The van der Waals surface area contributed by atoms with Gasteiger partial charge in [0.15, 0.2) is 23.0 Å². The van der Waals surface area contributed by atoms with Crippen molar-refractivity contribution >= 4 is 17.5 Å². The number of rotatable bonds is 8. The van der Waals surface area contributed by atoms with Crippen LogP contribution in [0, 0.1) is 0 Å². The van der Waals surface area contributed by atoms with Crippen LogP contribution >= 0.6 is 11.6 Å². The average Bonchev–Trinajstić information content (AvgIpc) is 3.13. The molecule has 0 saturated carbocycles. The molecule has 0 spiro atoms. The topological polar surface area (TPSA) is 66.0 Å². The maximum Gasteiger partial charge on any atom is 0.251 e. The van der Waals surface area contributed by atoms with E-state index < -0.39 is 0 Å². The Kier molecular flexibility index (Phi) is 6.29. The molecule has 1 aliphatic rings. The second-order valence-electron chi connectivity index (χ2n) is 5.84. The summed E-state index contributed by atoms with van der Waals surface area (Å²) >= 11 is 6.13. The third-order valence-electron chi connectivity index (χ3n) is 4.00. The summed E-state index contributed by atoms with van der Waals surface area (Å²) in [4.78, 5) is 12.4. The highest BCUT2D eigenvalue weighted by Gasteiger charge is 2.20. The van der Waals surface area contributed by atoms with E-state index in [0.29, 0.717) is 54.0 Å². The smallest absolute Gasteiger partial charge is 0.251 e. The molecule has 0 atom stereocenters. The number of fused-ring (bicyclic) bond motifs is 1. The number of amides is 1. The zero-order valence-electron chi connectivity index (χ0n) is 15.3. The van der Waals surface area contributed by atoms with Gasteiger partial charge in [0, 0.05) is 12.1 Å². The summed E-state index contributed by atoms with van der Waals surface area (Å²) in [6, 6.07) is 9.01. The van der Waals surface area contributed by atoms with E-state index in [1.165, 1.54) is 0 Å². The van der Waals surface area contributed by atoms with Crippen LogP contribution in [-0.2, 0) is 6.42 Å². The normalized spacial score (nSPS) is 12.0. The van der Waals surface area contributed by atoms with Crippen molar-refractivity contribution in [2.24, 2.45) is 0 Å². The molecule has 2 aromatic rings. The summed E-state index contributed by atoms with van der Waals surface area (Å²) in [5.74, 6) is 2.19. The van der Waals surface area contributed by atoms with Gasteiger partial charge in [-0.25, -0.2) is 0 Å². The molecule has 27 heavy (non-hydrogen) atoms. The van der Waals surface area contributed by atoms with Gasteiger partial charge in [-0.3, -0.25) is 4.79 Å². The van der Waals surface area contributed by atoms with Crippen LogP contribution < -0.4 is 24.3 Å². The Morgan fingerprint density at radius 3 is 2.67 bits per heavy atom. The van der Waals surface area contributed by atoms with E-state index >= 15 is 0 Å². The van der Waals surface area contributed by atoms with Gasteiger partial charge in [-0.2, -0.15) is 0 Å². The minimum Gasteiger partial charge on any atom is -0.490 e.